The van der Waals surface area contributed by atoms with Crippen molar-refractivity contribution in [2.75, 3.05) is 12.4 Å². The highest BCUT2D eigenvalue weighted by molar-refractivity contribution is 7.16. The summed E-state index contributed by atoms with van der Waals surface area (Å²) in [7, 11) is 0. The summed E-state index contributed by atoms with van der Waals surface area (Å²) in [6, 6.07) is 4.00. The Bertz CT molecular complexity index is 262. The number of hydrogen-bond acceptors (Lipinski definition) is 2. The van der Waals surface area contributed by atoms with Gasteiger partial charge in [-0.25, -0.2) is 0 Å². The van der Waals surface area contributed by atoms with E-state index in [9.17, 15) is 0 Å². The predicted octanol–water partition coefficient (Wildman–Crippen LogP) is 3.76. The second kappa shape index (κ2) is 6.67. The molecule has 0 aliphatic rings. The van der Waals surface area contributed by atoms with Crippen molar-refractivity contribution < 1.29 is 0 Å². The molecular formula is C10H15Cl2NS. The summed E-state index contributed by atoms with van der Waals surface area (Å²) in [6.07, 6.45) is 1.07. The second-order valence-electron chi connectivity index (χ2n) is 3.42. The van der Waals surface area contributed by atoms with Gasteiger partial charge in [-0.3, -0.25) is 0 Å². The van der Waals surface area contributed by atoms with Crippen LogP contribution in [0.3, 0.4) is 0 Å². The number of hydrogen-bond donors (Lipinski definition) is 1. The van der Waals surface area contributed by atoms with E-state index in [1.54, 1.807) is 11.3 Å². The minimum Gasteiger partial charge on any atom is -0.312 e. The maximum Gasteiger partial charge on any atom is 0.0931 e. The highest BCUT2D eigenvalue weighted by atomic mass is 35.5. The van der Waals surface area contributed by atoms with Crippen molar-refractivity contribution in [2.45, 2.75) is 19.9 Å². The molecule has 0 bridgehead atoms. The van der Waals surface area contributed by atoms with Gasteiger partial charge in [-0.15, -0.1) is 22.9 Å². The Morgan fingerprint density at radius 2 is 2.29 bits per heavy atom. The van der Waals surface area contributed by atoms with E-state index in [0.29, 0.717) is 5.92 Å². The first-order chi connectivity index (χ1) is 6.72. The summed E-state index contributed by atoms with van der Waals surface area (Å²) in [5, 5.41) is 3.39. The van der Waals surface area contributed by atoms with Gasteiger partial charge in [0.15, 0.2) is 0 Å². The number of halogens is 2. The Labute approximate surface area is 99.4 Å². The van der Waals surface area contributed by atoms with E-state index in [0.717, 1.165) is 29.7 Å². The predicted molar refractivity (Wildman–Crippen MR) is 65.5 cm³/mol. The van der Waals surface area contributed by atoms with E-state index < -0.39 is 0 Å². The number of alkyl halides is 1. The molecule has 0 aliphatic heterocycles. The Balaban J connectivity index is 2.15. The lowest BCUT2D eigenvalue weighted by molar-refractivity contribution is 0.503. The van der Waals surface area contributed by atoms with Crippen molar-refractivity contribution in [3.8, 4) is 0 Å². The molecule has 80 valence electrons. The summed E-state index contributed by atoms with van der Waals surface area (Å²) < 4.78 is 0.857. The molecule has 0 spiro atoms. The van der Waals surface area contributed by atoms with Gasteiger partial charge in [-0.1, -0.05) is 18.5 Å². The zero-order chi connectivity index (χ0) is 10.4. The summed E-state index contributed by atoms with van der Waals surface area (Å²) >= 11 is 13.1. The summed E-state index contributed by atoms with van der Waals surface area (Å²) in [4.78, 5) is 1.29. The molecule has 0 aromatic carbocycles. The molecule has 0 amide bonds. The molecule has 1 nitrogen and oxygen atoms in total. The van der Waals surface area contributed by atoms with Crippen molar-refractivity contribution in [1.82, 2.24) is 5.32 Å². The maximum atomic E-state index is 5.82. The highest BCUT2D eigenvalue weighted by Crippen LogP contribution is 2.21. The van der Waals surface area contributed by atoms with Gasteiger partial charge in [0.1, 0.15) is 0 Å². The van der Waals surface area contributed by atoms with Crippen LogP contribution in [0.25, 0.3) is 0 Å². The van der Waals surface area contributed by atoms with Gasteiger partial charge in [0.2, 0.25) is 0 Å². The van der Waals surface area contributed by atoms with Gasteiger partial charge in [0.05, 0.1) is 4.34 Å². The molecule has 1 atom stereocenters. The van der Waals surface area contributed by atoms with Crippen LogP contribution in [0, 0.1) is 5.92 Å². The van der Waals surface area contributed by atoms with Gasteiger partial charge in [-0.2, -0.15) is 0 Å². The summed E-state index contributed by atoms with van der Waals surface area (Å²) in [5.74, 6) is 1.39. The Kier molecular flexibility index (Phi) is 5.87. The lowest BCUT2D eigenvalue weighted by atomic mass is 10.1. The largest absolute Gasteiger partial charge is 0.312 e. The molecule has 14 heavy (non-hydrogen) atoms. The first-order valence-corrected chi connectivity index (χ1v) is 6.46. The number of thiophene rings is 1. The van der Waals surface area contributed by atoms with Crippen LogP contribution in [0.5, 0.6) is 0 Å². The molecule has 1 aromatic heterocycles. The van der Waals surface area contributed by atoms with E-state index in [4.69, 9.17) is 23.2 Å². The van der Waals surface area contributed by atoms with E-state index in [2.05, 4.69) is 18.3 Å². The lowest BCUT2D eigenvalue weighted by Gasteiger charge is -2.09. The van der Waals surface area contributed by atoms with Crippen LogP contribution in [0.1, 0.15) is 18.2 Å². The fourth-order valence-corrected chi connectivity index (χ4v) is 2.61. The third kappa shape index (κ3) is 4.65. The molecule has 1 rings (SSSR count). The zero-order valence-corrected chi connectivity index (χ0v) is 10.6. The summed E-state index contributed by atoms with van der Waals surface area (Å²) in [6.45, 7) is 4.13. The average Bonchev–Trinajstić information content (AvgIpc) is 2.52. The fraction of sp³-hybridized carbons (Fsp3) is 0.600. The Hall–Kier alpha value is 0.240. The van der Waals surface area contributed by atoms with Crippen LogP contribution in [-0.4, -0.2) is 12.4 Å². The van der Waals surface area contributed by atoms with E-state index in [1.807, 2.05) is 6.07 Å². The molecule has 1 heterocycles. The van der Waals surface area contributed by atoms with Crippen LogP contribution in [0.4, 0.5) is 0 Å². The molecule has 0 saturated carbocycles. The van der Waals surface area contributed by atoms with Gasteiger partial charge in [0.25, 0.3) is 0 Å². The normalized spacial score (nSPS) is 13.1. The van der Waals surface area contributed by atoms with E-state index >= 15 is 0 Å². The van der Waals surface area contributed by atoms with Gasteiger partial charge in [0, 0.05) is 17.3 Å². The van der Waals surface area contributed by atoms with Crippen molar-refractivity contribution in [2.24, 2.45) is 5.92 Å². The molecule has 0 radical (unpaired) electrons. The standard InChI is InChI=1S/C10H15Cl2NS/c1-8(4-5-11)6-13-7-9-2-3-10(12)14-9/h2-3,8,13H,4-7H2,1H3. The highest BCUT2D eigenvalue weighted by Gasteiger charge is 2.01. The van der Waals surface area contributed by atoms with Crippen molar-refractivity contribution >= 4 is 34.5 Å². The molecule has 1 N–H and O–H groups in total. The first kappa shape index (κ1) is 12.3. The smallest absolute Gasteiger partial charge is 0.0931 e. The Morgan fingerprint density at radius 1 is 1.50 bits per heavy atom. The topological polar surface area (TPSA) is 12.0 Å². The van der Waals surface area contributed by atoms with Gasteiger partial charge >= 0.3 is 0 Å². The van der Waals surface area contributed by atoms with E-state index in [1.165, 1.54) is 4.88 Å². The zero-order valence-electron chi connectivity index (χ0n) is 8.22. The molecule has 4 heteroatoms. The van der Waals surface area contributed by atoms with E-state index in [-0.39, 0.29) is 0 Å². The van der Waals surface area contributed by atoms with Gasteiger partial charge in [-0.05, 0) is 31.0 Å². The molecule has 0 saturated heterocycles. The number of nitrogens with one attached hydrogen (secondary N) is 1. The van der Waals surface area contributed by atoms with Gasteiger partial charge < -0.3 is 5.32 Å². The molecular weight excluding hydrogens is 237 g/mol. The molecule has 0 aliphatic carbocycles. The van der Waals surface area contributed by atoms with Crippen LogP contribution in [0.15, 0.2) is 12.1 Å². The summed E-state index contributed by atoms with van der Waals surface area (Å²) in [5.41, 5.74) is 0. The average molecular weight is 252 g/mol. The third-order valence-corrected chi connectivity index (χ3v) is 3.47. The molecule has 1 unspecified atom stereocenters. The minimum atomic E-state index is 0.642. The molecule has 1 aromatic rings. The monoisotopic (exact) mass is 251 g/mol. The minimum absolute atomic E-state index is 0.642. The first-order valence-electron chi connectivity index (χ1n) is 4.73. The second-order valence-corrected chi connectivity index (χ2v) is 5.60. The lowest BCUT2D eigenvalue weighted by Crippen LogP contribution is -2.20. The molecule has 0 fully saturated rings. The van der Waals surface area contributed by atoms with Crippen LogP contribution < -0.4 is 5.32 Å². The Morgan fingerprint density at radius 3 is 2.86 bits per heavy atom. The van der Waals surface area contributed by atoms with Crippen LogP contribution in [-0.2, 0) is 6.54 Å². The SMILES string of the molecule is CC(CCCl)CNCc1ccc(Cl)s1. The van der Waals surface area contributed by atoms with Crippen molar-refractivity contribution in [3.63, 3.8) is 0 Å². The van der Waals surface area contributed by atoms with Crippen molar-refractivity contribution in [3.05, 3.63) is 21.3 Å². The van der Waals surface area contributed by atoms with Crippen molar-refractivity contribution in [1.29, 1.82) is 0 Å². The third-order valence-electron chi connectivity index (χ3n) is 2.02. The fourth-order valence-electron chi connectivity index (χ4n) is 1.18. The number of rotatable bonds is 6. The van der Waals surface area contributed by atoms with Crippen LogP contribution in [0.2, 0.25) is 4.34 Å². The quantitative estimate of drug-likeness (QED) is 0.760. The van der Waals surface area contributed by atoms with Crippen LogP contribution >= 0.6 is 34.5 Å². The maximum absolute atomic E-state index is 5.82.